The van der Waals surface area contributed by atoms with Gasteiger partial charge >= 0.3 is 12.6 Å². The van der Waals surface area contributed by atoms with Crippen molar-refractivity contribution < 1.29 is 28.2 Å². The lowest BCUT2D eigenvalue weighted by molar-refractivity contribution is -0.156. The van der Waals surface area contributed by atoms with Crippen molar-refractivity contribution in [3.05, 3.63) is 34.3 Å². The van der Waals surface area contributed by atoms with E-state index in [1.165, 1.54) is 30.6 Å². The van der Waals surface area contributed by atoms with Crippen LogP contribution in [0.2, 0.25) is 0 Å². The summed E-state index contributed by atoms with van der Waals surface area (Å²) in [5.41, 5.74) is 0.603. The first-order valence-electron chi connectivity index (χ1n) is 11.6. The van der Waals surface area contributed by atoms with Crippen LogP contribution in [0.25, 0.3) is 10.6 Å². The van der Waals surface area contributed by atoms with Crippen LogP contribution in [-0.4, -0.2) is 65.8 Å². The van der Waals surface area contributed by atoms with Crippen LogP contribution in [-0.2, 0) is 16.1 Å². The molecule has 0 bridgehead atoms. The van der Waals surface area contributed by atoms with Gasteiger partial charge in [0, 0.05) is 43.1 Å². The van der Waals surface area contributed by atoms with Gasteiger partial charge in [-0.2, -0.15) is 21.4 Å². The lowest BCUT2D eigenvalue weighted by atomic mass is 9.80. The average molecular weight is 544 g/mol. The first kappa shape index (κ1) is 30.1. The molecule has 3 rings (SSSR count). The number of methoxy groups -OCH3 is 1. The molecule has 200 valence electrons. The van der Waals surface area contributed by atoms with E-state index in [2.05, 4.69) is 43.1 Å². The molecule has 36 heavy (non-hydrogen) atoms. The zero-order valence-corrected chi connectivity index (χ0v) is 23.0. The van der Waals surface area contributed by atoms with Gasteiger partial charge in [-0.3, -0.25) is 9.69 Å². The zero-order chi connectivity index (χ0) is 27.0. The molecular formula is C25H35F2N3O4S2. The number of carbonyl (C=O) groups is 1. The molecule has 1 aromatic carbocycles. The Kier molecular flexibility index (Phi) is 11.3. The van der Waals surface area contributed by atoms with E-state index in [0.717, 1.165) is 22.7 Å². The molecule has 1 fully saturated rings. The van der Waals surface area contributed by atoms with Crippen LogP contribution in [0.1, 0.15) is 43.3 Å². The highest BCUT2D eigenvalue weighted by Crippen LogP contribution is 2.38. The Balaban J connectivity index is 0.00000106. The molecule has 1 aliphatic heterocycles. The number of thiol groups is 1. The number of halogens is 2. The summed E-state index contributed by atoms with van der Waals surface area (Å²) in [4.78, 5) is 19.5. The number of thiazole rings is 1. The number of aryl methyl sites for hydroxylation is 1. The number of likely N-dealkylation sites (tertiary alicyclic amines) is 1. The second-order valence-electron chi connectivity index (χ2n) is 9.58. The molecule has 0 aliphatic carbocycles. The van der Waals surface area contributed by atoms with E-state index in [-0.39, 0.29) is 17.6 Å². The highest BCUT2D eigenvalue weighted by atomic mass is 32.1. The van der Waals surface area contributed by atoms with E-state index >= 15 is 0 Å². The summed E-state index contributed by atoms with van der Waals surface area (Å²) in [5, 5.41) is 17.7. The molecule has 1 aromatic heterocycles. The highest BCUT2D eigenvalue weighted by molar-refractivity contribution is 7.81. The van der Waals surface area contributed by atoms with Crippen LogP contribution in [0.3, 0.4) is 0 Å². The molecule has 2 N–H and O–H groups in total. The summed E-state index contributed by atoms with van der Waals surface area (Å²) in [6, 6.07) is 4.52. The summed E-state index contributed by atoms with van der Waals surface area (Å²) in [5.74, 6) is -0.0913. The second-order valence-corrected chi connectivity index (χ2v) is 11.4. The van der Waals surface area contributed by atoms with Gasteiger partial charge < -0.3 is 20.0 Å². The van der Waals surface area contributed by atoms with Crippen molar-refractivity contribution >= 4 is 36.1 Å². The van der Waals surface area contributed by atoms with E-state index < -0.39 is 18.0 Å². The monoisotopic (exact) mass is 543 g/mol. The number of aromatic nitrogens is 1. The number of piperidine rings is 1. The third kappa shape index (κ3) is 8.22. The molecule has 0 amide bonds. The fourth-order valence-corrected chi connectivity index (χ4v) is 5.69. The number of alkyl halides is 2. The SMILES string of the molecule is CC(C)C.COC[C@@]1(C(=O)O)CC(S)CN(Cc2sc(-c3cc(C=N)ccc3OC(F)F)nc2C)C1. The van der Waals surface area contributed by atoms with Crippen LogP contribution in [0.5, 0.6) is 5.75 Å². The standard InChI is InChI=1S/C21H25F2N3O4S2.C4H10/c1-12-17(9-26-8-14(31)6-21(10-26,11-29-2)19(27)28)32-18(25-12)15-5-13(7-24)3-4-16(15)30-20(22)23;1-4(2)3/h3-5,7,14,20,24,31H,6,8-11H2,1-2H3,(H,27,28);4H,1-3H3/t14?,21-;/m1./s1. The fraction of sp³-hybridized carbons (Fsp3) is 0.560. The van der Waals surface area contributed by atoms with Crippen LogP contribution in [0, 0.1) is 23.7 Å². The zero-order valence-electron chi connectivity index (χ0n) is 21.3. The highest BCUT2D eigenvalue weighted by Gasteiger charge is 2.45. The minimum absolute atomic E-state index is 0.00992. The van der Waals surface area contributed by atoms with Gasteiger partial charge in [0.1, 0.15) is 16.2 Å². The number of carboxylic acid groups (broad SMARTS) is 1. The molecule has 2 aromatic rings. The normalized spacial score (nSPS) is 20.2. The number of benzene rings is 1. The number of ether oxygens (including phenoxy) is 2. The smallest absolute Gasteiger partial charge is 0.387 e. The molecule has 1 aliphatic rings. The molecule has 7 nitrogen and oxygen atoms in total. The third-order valence-electron chi connectivity index (χ3n) is 5.37. The molecule has 1 saturated heterocycles. The van der Waals surface area contributed by atoms with E-state index in [9.17, 15) is 18.7 Å². The maximum atomic E-state index is 12.9. The van der Waals surface area contributed by atoms with Crippen molar-refractivity contribution in [1.82, 2.24) is 9.88 Å². The molecule has 0 radical (unpaired) electrons. The Morgan fingerprint density at radius 2 is 2.08 bits per heavy atom. The van der Waals surface area contributed by atoms with Gasteiger partial charge in [0.15, 0.2) is 0 Å². The maximum Gasteiger partial charge on any atom is 0.387 e. The molecule has 0 spiro atoms. The first-order chi connectivity index (χ1) is 16.9. The first-order valence-corrected chi connectivity index (χ1v) is 12.9. The van der Waals surface area contributed by atoms with Gasteiger partial charge in [-0.05, 0) is 43.0 Å². The van der Waals surface area contributed by atoms with Gasteiger partial charge in [-0.15, -0.1) is 11.3 Å². The Labute approximate surface area is 220 Å². The lowest BCUT2D eigenvalue weighted by Gasteiger charge is -2.42. The van der Waals surface area contributed by atoms with Crippen molar-refractivity contribution in [3.63, 3.8) is 0 Å². The number of nitrogens with zero attached hydrogens (tertiary/aromatic N) is 2. The summed E-state index contributed by atoms with van der Waals surface area (Å²) in [6.07, 6.45) is 1.53. The summed E-state index contributed by atoms with van der Waals surface area (Å²) < 4.78 is 35.6. The summed E-state index contributed by atoms with van der Waals surface area (Å²) in [7, 11) is 1.48. The van der Waals surface area contributed by atoms with Crippen molar-refractivity contribution in [3.8, 4) is 16.3 Å². The minimum Gasteiger partial charge on any atom is -0.481 e. The van der Waals surface area contributed by atoms with Crippen molar-refractivity contribution in [2.75, 3.05) is 26.8 Å². The van der Waals surface area contributed by atoms with Gasteiger partial charge in [0.05, 0.1) is 17.9 Å². The Bertz CT molecular complexity index is 1030. The molecule has 0 saturated carbocycles. The number of carboxylic acids is 1. The largest absolute Gasteiger partial charge is 0.481 e. The van der Waals surface area contributed by atoms with Gasteiger partial charge in [0.2, 0.25) is 0 Å². The quantitative estimate of drug-likeness (QED) is 0.281. The molecular weight excluding hydrogens is 508 g/mol. The minimum atomic E-state index is -2.98. The molecule has 11 heteroatoms. The Morgan fingerprint density at radius 3 is 2.64 bits per heavy atom. The Hall–Kier alpha value is -2.08. The molecule has 1 unspecified atom stereocenters. The van der Waals surface area contributed by atoms with Crippen LogP contribution >= 0.6 is 24.0 Å². The van der Waals surface area contributed by atoms with Gasteiger partial charge in [-0.25, -0.2) is 4.98 Å². The fourth-order valence-electron chi connectivity index (χ4n) is 3.99. The summed E-state index contributed by atoms with van der Waals surface area (Å²) >= 11 is 5.90. The van der Waals surface area contributed by atoms with Crippen LogP contribution in [0.4, 0.5) is 8.78 Å². The molecule has 2 atom stereocenters. The Morgan fingerprint density at radius 1 is 1.42 bits per heavy atom. The number of aliphatic carboxylic acids is 1. The van der Waals surface area contributed by atoms with Gasteiger partial charge in [-0.1, -0.05) is 20.8 Å². The van der Waals surface area contributed by atoms with Crippen LogP contribution < -0.4 is 4.74 Å². The predicted octanol–water partition coefficient (Wildman–Crippen LogP) is 5.60. The van der Waals surface area contributed by atoms with Crippen molar-refractivity contribution in [2.24, 2.45) is 11.3 Å². The summed E-state index contributed by atoms with van der Waals surface area (Å²) in [6.45, 7) is 6.80. The van der Waals surface area contributed by atoms with Crippen molar-refractivity contribution in [2.45, 2.75) is 52.5 Å². The van der Waals surface area contributed by atoms with E-state index in [1.54, 1.807) is 6.07 Å². The third-order valence-corrected chi connectivity index (χ3v) is 6.89. The van der Waals surface area contributed by atoms with Crippen molar-refractivity contribution in [1.29, 1.82) is 5.41 Å². The second kappa shape index (κ2) is 13.5. The number of hydrogen-bond acceptors (Lipinski definition) is 8. The lowest BCUT2D eigenvalue weighted by Crippen LogP contribution is -2.53. The number of rotatable bonds is 9. The average Bonchev–Trinajstić information content (AvgIpc) is 3.12. The maximum absolute atomic E-state index is 12.9. The topological polar surface area (TPSA) is 95.7 Å². The van der Waals surface area contributed by atoms with E-state index in [1.807, 2.05) is 11.8 Å². The van der Waals surface area contributed by atoms with Gasteiger partial charge in [0.25, 0.3) is 0 Å². The predicted molar refractivity (Wildman–Crippen MR) is 142 cm³/mol. The number of nitrogens with one attached hydrogen (secondary N) is 1. The van der Waals surface area contributed by atoms with E-state index in [4.69, 9.17) is 10.1 Å². The van der Waals surface area contributed by atoms with E-state index in [0.29, 0.717) is 42.2 Å². The number of hydrogen-bond donors (Lipinski definition) is 3. The molecule has 2 heterocycles. The van der Waals surface area contributed by atoms with Crippen LogP contribution in [0.15, 0.2) is 18.2 Å².